The van der Waals surface area contributed by atoms with Crippen LogP contribution < -0.4 is 5.32 Å². The van der Waals surface area contributed by atoms with Gasteiger partial charge in [-0.05, 0) is 30.7 Å². The quantitative estimate of drug-likeness (QED) is 0.686. The molecule has 6 nitrogen and oxygen atoms in total. The highest BCUT2D eigenvalue weighted by Gasteiger charge is 2.33. The molecule has 0 spiro atoms. The first-order chi connectivity index (χ1) is 12.0. The van der Waals surface area contributed by atoms with E-state index < -0.39 is 0 Å². The van der Waals surface area contributed by atoms with E-state index in [-0.39, 0.29) is 11.8 Å². The molecule has 0 bridgehead atoms. The van der Waals surface area contributed by atoms with Gasteiger partial charge in [-0.3, -0.25) is 4.79 Å². The molecule has 1 N–H and O–H groups in total. The zero-order valence-electron chi connectivity index (χ0n) is 13.2. The number of hydrogen-bond acceptors (Lipinski definition) is 4. The molecular weight excluding hydrogens is 406 g/mol. The standard InChI is InChI=1S/C17H13BrClN5O/c1-9-16-11(10-4-2-3-5-12(10)18)8-15(25)20-17(16)24(23-9)14-7-6-13(19)21-22-14/h2-7,11H,8H2,1H3,(H,20,25)/t11-/m1/s1. The molecule has 3 aromatic rings. The summed E-state index contributed by atoms with van der Waals surface area (Å²) in [6.45, 7) is 1.93. The Morgan fingerprint density at radius 2 is 2.04 bits per heavy atom. The zero-order valence-corrected chi connectivity index (χ0v) is 15.5. The number of carbonyl (C=O) groups excluding carboxylic acids is 1. The predicted octanol–water partition coefficient (Wildman–Crippen LogP) is 3.86. The largest absolute Gasteiger partial charge is 0.310 e. The van der Waals surface area contributed by atoms with Crippen LogP contribution in [0.3, 0.4) is 0 Å². The Balaban J connectivity index is 1.89. The average molecular weight is 419 g/mol. The number of carbonyl (C=O) groups is 1. The number of anilines is 1. The fourth-order valence-corrected chi connectivity index (χ4v) is 3.82. The van der Waals surface area contributed by atoms with Gasteiger partial charge in [0.25, 0.3) is 0 Å². The molecule has 8 heteroatoms. The van der Waals surface area contributed by atoms with Crippen LogP contribution in [0.1, 0.15) is 29.2 Å². The maximum atomic E-state index is 12.3. The highest BCUT2D eigenvalue weighted by molar-refractivity contribution is 9.10. The van der Waals surface area contributed by atoms with Gasteiger partial charge < -0.3 is 5.32 Å². The lowest BCUT2D eigenvalue weighted by molar-refractivity contribution is -0.116. The van der Waals surface area contributed by atoms with E-state index in [0.29, 0.717) is 23.2 Å². The highest BCUT2D eigenvalue weighted by Crippen LogP contribution is 2.42. The van der Waals surface area contributed by atoms with E-state index >= 15 is 0 Å². The lowest BCUT2D eigenvalue weighted by atomic mass is 9.86. The van der Waals surface area contributed by atoms with Crippen LogP contribution in [0.5, 0.6) is 0 Å². The van der Waals surface area contributed by atoms with Crippen molar-refractivity contribution in [1.29, 1.82) is 0 Å². The van der Waals surface area contributed by atoms with Crippen LogP contribution in [0.25, 0.3) is 5.82 Å². The lowest BCUT2D eigenvalue weighted by Gasteiger charge is -2.25. The molecule has 2 aromatic heterocycles. The maximum Gasteiger partial charge on any atom is 0.226 e. The predicted molar refractivity (Wildman–Crippen MR) is 98.1 cm³/mol. The molecule has 0 unspecified atom stereocenters. The first kappa shape index (κ1) is 16.2. The van der Waals surface area contributed by atoms with Gasteiger partial charge in [-0.25, -0.2) is 0 Å². The summed E-state index contributed by atoms with van der Waals surface area (Å²) in [6.07, 6.45) is 0.369. The molecular formula is C17H13BrClN5O. The maximum absolute atomic E-state index is 12.3. The number of amides is 1. The molecule has 25 heavy (non-hydrogen) atoms. The van der Waals surface area contributed by atoms with Crippen molar-refractivity contribution >= 4 is 39.3 Å². The summed E-state index contributed by atoms with van der Waals surface area (Å²) in [6, 6.07) is 11.3. The monoisotopic (exact) mass is 417 g/mol. The molecule has 1 aromatic carbocycles. The first-order valence-corrected chi connectivity index (χ1v) is 8.85. The molecule has 1 aliphatic heterocycles. The molecule has 1 atom stereocenters. The highest BCUT2D eigenvalue weighted by atomic mass is 79.9. The summed E-state index contributed by atoms with van der Waals surface area (Å²) in [4.78, 5) is 12.3. The van der Waals surface area contributed by atoms with Gasteiger partial charge in [0.2, 0.25) is 5.91 Å². The first-order valence-electron chi connectivity index (χ1n) is 7.68. The zero-order chi connectivity index (χ0) is 17.6. The van der Waals surface area contributed by atoms with Crippen molar-refractivity contribution in [3.05, 3.63) is 62.8 Å². The van der Waals surface area contributed by atoms with Crippen molar-refractivity contribution in [2.75, 3.05) is 5.32 Å². The molecule has 1 aliphatic rings. The van der Waals surface area contributed by atoms with Crippen molar-refractivity contribution in [1.82, 2.24) is 20.0 Å². The molecule has 1 amide bonds. The topological polar surface area (TPSA) is 72.7 Å². The second-order valence-corrected chi connectivity index (χ2v) is 7.04. The summed E-state index contributed by atoms with van der Waals surface area (Å²) in [5.41, 5.74) is 2.89. The summed E-state index contributed by atoms with van der Waals surface area (Å²) >= 11 is 9.41. The minimum Gasteiger partial charge on any atom is -0.310 e. The van der Waals surface area contributed by atoms with Crippen molar-refractivity contribution in [3.8, 4) is 5.82 Å². The van der Waals surface area contributed by atoms with Crippen molar-refractivity contribution in [3.63, 3.8) is 0 Å². The second-order valence-electron chi connectivity index (χ2n) is 5.80. The molecule has 3 heterocycles. The van der Waals surface area contributed by atoms with Gasteiger partial charge in [0.1, 0.15) is 5.82 Å². The molecule has 0 aliphatic carbocycles. The Labute approximate surface area is 157 Å². The van der Waals surface area contributed by atoms with Gasteiger partial charge in [0.05, 0.1) is 5.69 Å². The number of halogens is 2. The number of nitrogens with one attached hydrogen (secondary N) is 1. The van der Waals surface area contributed by atoms with Gasteiger partial charge in [-0.2, -0.15) is 9.78 Å². The third-order valence-electron chi connectivity index (χ3n) is 4.22. The van der Waals surface area contributed by atoms with Crippen LogP contribution in [-0.2, 0) is 4.79 Å². The van der Waals surface area contributed by atoms with Crippen LogP contribution in [0.15, 0.2) is 40.9 Å². The third kappa shape index (κ3) is 2.83. The number of nitrogens with zero attached hydrogens (tertiary/aromatic N) is 4. The van der Waals surface area contributed by atoms with E-state index in [1.54, 1.807) is 16.8 Å². The summed E-state index contributed by atoms with van der Waals surface area (Å²) < 4.78 is 2.58. The minimum absolute atomic E-state index is 0.0590. The Bertz CT molecular complexity index is 970. The van der Waals surface area contributed by atoms with Gasteiger partial charge in [0, 0.05) is 22.4 Å². The Morgan fingerprint density at radius 1 is 1.24 bits per heavy atom. The van der Waals surface area contributed by atoms with Crippen LogP contribution >= 0.6 is 27.5 Å². The second kappa shape index (κ2) is 6.24. The summed E-state index contributed by atoms with van der Waals surface area (Å²) in [5.74, 6) is 0.998. The van der Waals surface area contributed by atoms with E-state index in [1.807, 2.05) is 31.2 Å². The van der Waals surface area contributed by atoms with Crippen LogP contribution in [0.2, 0.25) is 5.15 Å². The van der Waals surface area contributed by atoms with E-state index in [0.717, 1.165) is 21.3 Å². The Kier molecular flexibility index (Phi) is 4.05. The number of fused-ring (bicyclic) bond motifs is 1. The van der Waals surface area contributed by atoms with E-state index in [2.05, 4.69) is 36.5 Å². The van der Waals surface area contributed by atoms with Gasteiger partial charge in [-0.1, -0.05) is 45.7 Å². The summed E-state index contributed by atoms with van der Waals surface area (Å²) in [7, 11) is 0. The Morgan fingerprint density at radius 3 is 2.76 bits per heavy atom. The molecule has 0 radical (unpaired) electrons. The van der Waals surface area contributed by atoms with E-state index in [4.69, 9.17) is 11.6 Å². The molecule has 0 fully saturated rings. The number of rotatable bonds is 2. The lowest BCUT2D eigenvalue weighted by Crippen LogP contribution is -2.25. The minimum atomic E-state index is -0.0756. The molecule has 0 saturated heterocycles. The number of aryl methyl sites for hydroxylation is 1. The fraction of sp³-hybridized carbons (Fsp3) is 0.176. The van der Waals surface area contributed by atoms with Crippen molar-refractivity contribution < 1.29 is 4.79 Å². The van der Waals surface area contributed by atoms with E-state index in [9.17, 15) is 4.79 Å². The van der Waals surface area contributed by atoms with Crippen LogP contribution in [0.4, 0.5) is 5.82 Å². The normalized spacial score (nSPS) is 16.4. The van der Waals surface area contributed by atoms with Crippen LogP contribution in [-0.4, -0.2) is 25.9 Å². The van der Waals surface area contributed by atoms with Crippen molar-refractivity contribution in [2.24, 2.45) is 0 Å². The van der Waals surface area contributed by atoms with Crippen molar-refractivity contribution in [2.45, 2.75) is 19.3 Å². The van der Waals surface area contributed by atoms with Crippen LogP contribution in [0, 0.1) is 6.92 Å². The van der Waals surface area contributed by atoms with Gasteiger partial charge >= 0.3 is 0 Å². The summed E-state index contributed by atoms with van der Waals surface area (Å²) in [5, 5.41) is 15.7. The number of benzene rings is 1. The SMILES string of the molecule is Cc1nn(-c2ccc(Cl)nn2)c2c1[C@@H](c1ccccc1Br)CC(=O)N2. The molecule has 0 saturated carbocycles. The van der Waals surface area contributed by atoms with E-state index in [1.165, 1.54) is 0 Å². The number of hydrogen-bond donors (Lipinski definition) is 1. The average Bonchev–Trinajstić information content (AvgIpc) is 2.92. The molecule has 4 rings (SSSR count). The Hall–Kier alpha value is -2.25. The fourth-order valence-electron chi connectivity index (χ4n) is 3.16. The molecule has 126 valence electrons. The smallest absolute Gasteiger partial charge is 0.226 e. The number of aromatic nitrogens is 4. The van der Waals surface area contributed by atoms with Gasteiger partial charge in [0.15, 0.2) is 11.0 Å². The third-order valence-corrected chi connectivity index (χ3v) is 5.14. The van der Waals surface area contributed by atoms with Gasteiger partial charge in [-0.15, -0.1) is 10.2 Å².